The zero-order chi connectivity index (χ0) is 17.0. The SMILES string of the molecule is CCNC(=NCCOCCOC)N1CCN(c2ccccc2)CC1. The molecule has 0 aliphatic carbocycles. The van der Waals surface area contributed by atoms with Crippen LogP contribution in [0.4, 0.5) is 5.69 Å². The number of anilines is 1. The van der Waals surface area contributed by atoms with Crippen LogP contribution in [0.25, 0.3) is 0 Å². The van der Waals surface area contributed by atoms with Gasteiger partial charge in [-0.15, -0.1) is 0 Å². The van der Waals surface area contributed by atoms with Crippen molar-refractivity contribution in [2.24, 2.45) is 4.99 Å². The Balaban J connectivity index is 1.79. The summed E-state index contributed by atoms with van der Waals surface area (Å²) in [5, 5.41) is 3.39. The minimum absolute atomic E-state index is 0.623. The molecule has 2 rings (SSSR count). The van der Waals surface area contributed by atoms with Crippen LogP contribution >= 0.6 is 0 Å². The van der Waals surface area contributed by atoms with Crippen LogP contribution in [0.15, 0.2) is 35.3 Å². The van der Waals surface area contributed by atoms with Crippen molar-refractivity contribution in [1.82, 2.24) is 10.2 Å². The van der Waals surface area contributed by atoms with Crippen molar-refractivity contribution in [3.63, 3.8) is 0 Å². The van der Waals surface area contributed by atoms with E-state index in [4.69, 9.17) is 9.47 Å². The molecule has 0 spiro atoms. The molecule has 1 N–H and O–H groups in total. The average Bonchev–Trinajstić information content (AvgIpc) is 2.64. The summed E-state index contributed by atoms with van der Waals surface area (Å²) in [4.78, 5) is 9.44. The van der Waals surface area contributed by atoms with Gasteiger partial charge in [0.25, 0.3) is 0 Å². The van der Waals surface area contributed by atoms with Crippen molar-refractivity contribution in [2.75, 3.05) is 71.1 Å². The van der Waals surface area contributed by atoms with Crippen LogP contribution in [0, 0.1) is 0 Å². The summed E-state index contributed by atoms with van der Waals surface area (Å²) in [6.07, 6.45) is 0. The second-order valence-corrected chi connectivity index (χ2v) is 5.65. The molecule has 1 saturated heterocycles. The lowest BCUT2D eigenvalue weighted by Gasteiger charge is -2.37. The molecule has 0 aromatic heterocycles. The van der Waals surface area contributed by atoms with Crippen LogP contribution in [-0.2, 0) is 9.47 Å². The second kappa shape index (κ2) is 10.9. The monoisotopic (exact) mass is 334 g/mol. The Morgan fingerprint density at radius 3 is 2.50 bits per heavy atom. The Morgan fingerprint density at radius 2 is 1.83 bits per heavy atom. The van der Waals surface area contributed by atoms with Crippen molar-refractivity contribution in [2.45, 2.75) is 6.92 Å². The van der Waals surface area contributed by atoms with Crippen molar-refractivity contribution >= 4 is 11.6 Å². The molecular weight excluding hydrogens is 304 g/mol. The van der Waals surface area contributed by atoms with Gasteiger partial charge in [0.2, 0.25) is 0 Å². The van der Waals surface area contributed by atoms with E-state index < -0.39 is 0 Å². The Labute approximate surface area is 145 Å². The van der Waals surface area contributed by atoms with Crippen LogP contribution in [0.2, 0.25) is 0 Å². The molecule has 6 heteroatoms. The standard InChI is InChI=1S/C18H30N4O2/c1-3-19-18(20-9-14-24-16-15-23-2)22-12-10-21(11-13-22)17-7-5-4-6-8-17/h4-8H,3,9-16H2,1-2H3,(H,19,20). The van der Waals surface area contributed by atoms with E-state index >= 15 is 0 Å². The Bertz CT molecular complexity index is 473. The molecule has 6 nitrogen and oxygen atoms in total. The fourth-order valence-corrected chi connectivity index (χ4v) is 2.70. The number of benzene rings is 1. The Kier molecular flexibility index (Phi) is 8.41. The molecule has 0 atom stereocenters. The van der Waals surface area contributed by atoms with E-state index in [2.05, 4.69) is 57.4 Å². The molecule has 1 aliphatic rings. The minimum atomic E-state index is 0.623. The summed E-state index contributed by atoms with van der Waals surface area (Å²) >= 11 is 0. The number of guanidine groups is 1. The number of hydrogen-bond donors (Lipinski definition) is 1. The average molecular weight is 334 g/mol. The first-order valence-electron chi connectivity index (χ1n) is 8.75. The van der Waals surface area contributed by atoms with E-state index in [-0.39, 0.29) is 0 Å². The smallest absolute Gasteiger partial charge is 0.194 e. The highest BCUT2D eigenvalue weighted by molar-refractivity contribution is 5.80. The normalized spacial score (nSPS) is 15.7. The zero-order valence-corrected chi connectivity index (χ0v) is 14.9. The van der Waals surface area contributed by atoms with Gasteiger partial charge in [0.15, 0.2) is 5.96 Å². The molecule has 0 bridgehead atoms. The van der Waals surface area contributed by atoms with Gasteiger partial charge < -0.3 is 24.6 Å². The first-order chi connectivity index (χ1) is 11.8. The van der Waals surface area contributed by atoms with Crippen LogP contribution in [-0.4, -0.2) is 77.1 Å². The molecule has 24 heavy (non-hydrogen) atoms. The number of nitrogens with zero attached hydrogens (tertiary/aromatic N) is 3. The van der Waals surface area contributed by atoms with E-state index in [0.29, 0.717) is 26.4 Å². The van der Waals surface area contributed by atoms with E-state index in [1.807, 2.05) is 0 Å². The van der Waals surface area contributed by atoms with E-state index in [1.165, 1.54) is 5.69 Å². The number of piperazine rings is 1. The fourth-order valence-electron chi connectivity index (χ4n) is 2.70. The maximum atomic E-state index is 5.48. The third kappa shape index (κ3) is 6.02. The summed E-state index contributed by atoms with van der Waals surface area (Å²) in [5.74, 6) is 0.987. The van der Waals surface area contributed by atoms with Gasteiger partial charge in [0, 0.05) is 45.5 Å². The molecule has 1 fully saturated rings. The van der Waals surface area contributed by atoms with Crippen molar-refractivity contribution < 1.29 is 9.47 Å². The highest BCUT2D eigenvalue weighted by Crippen LogP contribution is 2.15. The number of hydrogen-bond acceptors (Lipinski definition) is 4. The zero-order valence-electron chi connectivity index (χ0n) is 14.9. The lowest BCUT2D eigenvalue weighted by molar-refractivity contribution is 0.0747. The molecule has 1 aromatic rings. The number of methoxy groups -OCH3 is 1. The summed E-state index contributed by atoms with van der Waals surface area (Å²) in [6, 6.07) is 10.6. The molecule has 0 amide bonds. The van der Waals surface area contributed by atoms with Crippen LogP contribution in [0.5, 0.6) is 0 Å². The number of aliphatic imine (C=N–C) groups is 1. The molecule has 1 heterocycles. The first kappa shape index (κ1) is 18.5. The summed E-state index contributed by atoms with van der Waals surface area (Å²) in [5.41, 5.74) is 1.30. The summed E-state index contributed by atoms with van der Waals surface area (Å²) in [6.45, 7) is 9.51. The third-order valence-electron chi connectivity index (χ3n) is 3.96. The minimum Gasteiger partial charge on any atom is -0.382 e. The van der Waals surface area contributed by atoms with Crippen LogP contribution in [0.1, 0.15) is 6.92 Å². The summed E-state index contributed by atoms with van der Waals surface area (Å²) < 4.78 is 10.4. The quantitative estimate of drug-likeness (QED) is 0.443. The lowest BCUT2D eigenvalue weighted by Crippen LogP contribution is -2.52. The van der Waals surface area contributed by atoms with Gasteiger partial charge in [-0.25, -0.2) is 0 Å². The Morgan fingerprint density at radius 1 is 1.08 bits per heavy atom. The molecular formula is C18H30N4O2. The summed E-state index contributed by atoms with van der Waals surface area (Å²) in [7, 11) is 1.68. The maximum Gasteiger partial charge on any atom is 0.194 e. The van der Waals surface area contributed by atoms with E-state index in [9.17, 15) is 0 Å². The molecule has 0 radical (unpaired) electrons. The van der Waals surface area contributed by atoms with Crippen molar-refractivity contribution in [3.05, 3.63) is 30.3 Å². The highest BCUT2D eigenvalue weighted by Gasteiger charge is 2.19. The van der Waals surface area contributed by atoms with E-state index in [1.54, 1.807) is 7.11 Å². The second-order valence-electron chi connectivity index (χ2n) is 5.65. The molecule has 0 saturated carbocycles. The first-order valence-corrected chi connectivity index (χ1v) is 8.75. The number of para-hydroxylation sites is 1. The van der Waals surface area contributed by atoms with E-state index in [0.717, 1.165) is 38.7 Å². The van der Waals surface area contributed by atoms with Gasteiger partial charge in [0.1, 0.15) is 0 Å². The predicted molar refractivity (Wildman–Crippen MR) is 98.9 cm³/mol. The number of ether oxygens (including phenoxy) is 2. The van der Waals surface area contributed by atoms with Gasteiger partial charge in [-0.2, -0.15) is 0 Å². The fraction of sp³-hybridized carbons (Fsp3) is 0.611. The molecule has 1 aromatic carbocycles. The molecule has 1 aliphatic heterocycles. The third-order valence-corrected chi connectivity index (χ3v) is 3.96. The van der Waals surface area contributed by atoms with Gasteiger partial charge in [-0.3, -0.25) is 4.99 Å². The predicted octanol–water partition coefficient (Wildman–Crippen LogP) is 1.44. The van der Waals surface area contributed by atoms with Crippen molar-refractivity contribution in [1.29, 1.82) is 0 Å². The van der Waals surface area contributed by atoms with Crippen molar-refractivity contribution in [3.8, 4) is 0 Å². The van der Waals surface area contributed by atoms with Gasteiger partial charge in [0.05, 0.1) is 26.4 Å². The van der Waals surface area contributed by atoms with Gasteiger partial charge >= 0.3 is 0 Å². The highest BCUT2D eigenvalue weighted by atomic mass is 16.5. The number of nitrogens with one attached hydrogen (secondary N) is 1. The Hall–Kier alpha value is -1.79. The van der Waals surface area contributed by atoms with Gasteiger partial charge in [-0.1, -0.05) is 18.2 Å². The van der Waals surface area contributed by atoms with Gasteiger partial charge in [-0.05, 0) is 19.1 Å². The number of rotatable bonds is 8. The lowest BCUT2D eigenvalue weighted by atomic mass is 10.2. The van der Waals surface area contributed by atoms with Crippen LogP contribution < -0.4 is 10.2 Å². The largest absolute Gasteiger partial charge is 0.382 e. The molecule has 0 unspecified atom stereocenters. The topological polar surface area (TPSA) is 49.3 Å². The van der Waals surface area contributed by atoms with Crippen LogP contribution in [0.3, 0.4) is 0 Å². The maximum absolute atomic E-state index is 5.48. The molecule has 134 valence electrons.